The molecule has 0 radical (unpaired) electrons. The highest BCUT2D eigenvalue weighted by Crippen LogP contribution is 2.38. The molecule has 3 nitrogen and oxygen atoms in total. The first-order valence-electron chi connectivity index (χ1n) is 6.55. The summed E-state index contributed by atoms with van der Waals surface area (Å²) in [7, 11) is 0. The van der Waals surface area contributed by atoms with Crippen molar-refractivity contribution in [2.24, 2.45) is 0 Å². The van der Waals surface area contributed by atoms with Crippen molar-refractivity contribution in [2.75, 3.05) is 0 Å². The third-order valence-corrected chi connectivity index (χ3v) is 4.84. The summed E-state index contributed by atoms with van der Waals surface area (Å²) in [5.74, 6) is -1.54. The van der Waals surface area contributed by atoms with E-state index in [0.717, 1.165) is 28.3 Å². The van der Waals surface area contributed by atoms with Crippen LogP contribution in [0.3, 0.4) is 0 Å². The van der Waals surface area contributed by atoms with E-state index in [2.05, 4.69) is 4.98 Å². The van der Waals surface area contributed by atoms with Gasteiger partial charge in [0.25, 0.3) is 0 Å². The summed E-state index contributed by atoms with van der Waals surface area (Å²) in [4.78, 5) is 16.8. The van der Waals surface area contributed by atoms with Crippen LogP contribution in [0.5, 0.6) is 0 Å². The first kappa shape index (κ1) is 13.2. The summed E-state index contributed by atoms with van der Waals surface area (Å²) in [5.41, 5.74) is 2.13. The molecule has 1 aliphatic carbocycles. The van der Waals surface area contributed by atoms with Crippen molar-refractivity contribution in [2.45, 2.75) is 32.1 Å². The number of carboxylic acid groups (broad SMARTS) is 1. The largest absolute Gasteiger partial charge is 0.481 e. The van der Waals surface area contributed by atoms with Crippen LogP contribution in [0.4, 0.5) is 4.39 Å². The van der Waals surface area contributed by atoms with Crippen LogP contribution in [0.15, 0.2) is 18.2 Å². The highest BCUT2D eigenvalue weighted by molar-refractivity contribution is 7.15. The van der Waals surface area contributed by atoms with Crippen LogP contribution >= 0.6 is 11.3 Å². The summed E-state index contributed by atoms with van der Waals surface area (Å²) in [6.07, 6.45) is 2.42. The lowest BCUT2D eigenvalue weighted by Gasteiger charge is -2.16. The van der Waals surface area contributed by atoms with Crippen LogP contribution in [-0.4, -0.2) is 16.1 Å². The number of thiazole rings is 1. The first-order valence-corrected chi connectivity index (χ1v) is 7.37. The fourth-order valence-electron chi connectivity index (χ4n) is 2.56. The Morgan fingerprint density at radius 2 is 2.30 bits per heavy atom. The van der Waals surface area contributed by atoms with Crippen molar-refractivity contribution >= 4 is 17.3 Å². The van der Waals surface area contributed by atoms with Gasteiger partial charge in [0.05, 0.1) is 11.6 Å². The lowest BCUT2D eigenvalue weighted by molar-refractivity contribution is -0.139. The Balaban J connectivity index is 2.04. The molecular weight excluding hydrogens is 277 g/mol. The number of rotatable bonds is 2. The monoisotopic (exact) mass is 291 g/mol. The third kappa shape index (κ3) is 2.22. The summed E-state index contributed by atoms with van der Waals surface area (Å²) < 4.78 is 13.3. The number of aryl methyl sites for hydroxylation is 2. The van der Waals surface area contributed by atoms with Gasteiger partial charge >= 0.3 is 5.97 Å². The van der Waals surface area contributed by atoms with Crippen molar-refractivity contribution in [3.05, 3.63) is 40.2 Å². The lowest BCUT2D eigenvalue weighted by Crippen LogP contribution is -2.17. The van der Waals surface area contributed by atoms with E-state index < -0.39 is 11.9 Å². The molecule has 0 saturated heterocycles. The maximum absolute atomic E-state index is 13.3. The van der Waals surface area contributed by atoms with Crippen LogP contribution in [0.25, 0.3) is 10.6 Å². The van der Waals surface area contributed by atoms with E-state index in [1.54, 1.807) is 19.1 Å². The molecule has 1 unspecified atom stereocenters. The topological polar surface area (TPSA) is 50.2 Å². The van der Waals surface area contributed by atoms with Gasteiger partial charge in [-0.15, -0.1) is 11.3 Å². The van der Waals surface area contributed by atoms with Gasteiger partial charge in [-0.3, -0.25) is 4.79 Å². The zero-order valence-electron chi connectivity index (χ0n) is 11.0. The molecule has 20 heavy (non-hydrogen) atoms. The second-order valence-electron chi connectivity index (χ2n) is 5.07. The molecule has 0 spiro atoms. The normalized spacial score (nSPS) is 17.8. The predicted octanol–water partition coefficient (Wildman–Crippen LogP) is 3.76. The summed E-state index contributed by atoms with van der Waals surface area (Å²) in [5, 5.41) is 10.0. The summed E-state index contributed by atoms with van der Waals surface area (Å²) in [6, 6.07) is 4.89. The van der Waals surface area contributed by atoms with Crippen LogP contribution in [0.2, 0.25) is 0 Å². The number of aliphatic carboxylic acids is 1. The van der Waals surface area contributed by atoms with E-state index in [-0.39, 0.29) is 5.82 Å². The SMILES string of the molecule is Cc1cc(-c2nc3c(s2)CCCC3C(=O)O)ccc1F. The molecule has 0 amide bonds. The standard InChI is InChI=1S/C15H14FNO2S/c1-8-7-9(5-6-11(8)16)14-17-13-10(15(18)19)3-2-4-12(13)20-14/h5-7,10H,2-4H2,1H3,(H,18,19). The average molecular weight is 291 g/mol. The van der Waals surface area contributed by atoms with Crippen molar-refractivity contribution in [3.8, 4) is 10.6 Å². The maximum Gasteiger partial charge on any atom is 0.312 e. The van der Waals surface area contributed by atoms with Gasteiger partial charge in [0.15, 0.2) is 0 Å². The lowest BCUT2D eigenvalue weighted by atomic mass is 9.91. The Bertz CT molecular complexity index is 681. The zero-order valence-corrected chi connectivity index (χ0v) is 11.8. The van der Waals surface area contributed by atoms with Gasteiger partial charge in [-0.25, -0.2) is 9.37 Å². The second kappa shape index (κ2) is 4.98. The van der Waals surface area contributed by atoms with Crippen LogP contribution < -0.4 is 0 Å². The van der Waals surface area contributed by atoms with Gasteiger partial charge < -0.3 is 5.11 Å². The molecule has 104 valence electrons. The number of hydrogen-bond donors (Lipinski definition) is 1. The second-order valence-corrected chi connectivity index (χ2v) is 6.16. The molecule has 1 atom stereocenters. The fraction of sp³-hybridized carbons (Fsp3) is 0.333. The number of fused-ring (bicyclic) bond motifs is 1. The molecule has 1 heterocycles. The number of nitrogens with zero attached hydrogens (tertiary/aromatic N) is 1. The minimum atomic E-state index is -0.807. The molecule has 1 N–H and O–H groups in total. The van der Waals surface area contributed by atoms with Gasteiger partial charge in [0.1, 0.15) is 10.8 Å². The Hall–Kier alpha value is -1.75. The number of hydrogen-bond acceptors (Lipinski definition) is 3. The average Bonchev–Trinajstić information content (AvgIpc) is 2.85. The Morgan fingerprint density at radius 1 is 1.50 bits per heavy atom. The number of carboxylic acids is 1. The molecule has 0 bridgehead atoms. The summed E-state index contributed by atoms with van der Waals surface area (Å²) in [6.45, 7) is 1.71. The van der Waals surface area contributed by atoms with Crippen molar-refractivity contribution in [3.63, 3.8) is 0 Å². The zero-order chi connectivity index (χ0) is 14.3. The smallest absolute Gasteiger partial charge is 0.312 e. The van der Waals surface area contributed by atoms with E-state index in [9.17, 15) is 14.3 Å². The fourth-order valence-corrected chi connectivity index (χ4v) is 3.72. The van der Waals surface area contributed by atoms with Gasteiger partial charge in [-0.1, -0.05) is 0 Å². The van der Waals surface area contributed by atoms with E-state index in [0.29, 0.717) is 17.7 Å². The molecule has 1 aliphatic rings. The molecule has 0 aliphatic heterocycles. The van der Waals surface area contributed by atoms with E-state index in [4.69, 9.17) is 0 Å². The Kier molecular flexibility index (Phi) is 3.30. The van der Waals surface area contributed by atoms with Crippen LogP contribution in [-0.2, 0) is 11.2 Å². The Morgan fingerprint density at radius 3 is 3.00 bits per heavy atom. The van der Waals surface area contributed by atoms with Crippen molar-refractivity contribution in [1.82, 2.24) is 4.98 Å². The van der Waals surface area contributed by atoms with Crippen molar-refractivity contribution < 1.29 is 14.3 Å². The van der Waals surface area contributed by atoms with Gasteiger partial charge in [0.2, 0.25) is 0 Å². The molecule has 5 heteroatoms. The van der Waals surface area contributed by atoms with Crippen LogP contribution in [0, 0.1) is 12.7 Å². The highest BCUT2D eigenvalue weighted by atomic mass is 32.1. The molecule has 1 aromatic heterocycles. The van der Waals surface area contributed by atoms with Gasteiger partial charge in [0, 0.05) is 10.4 Å². The number of aromatic nitrogens is 1. The minimum absolute atomic E-state index is 0.238. The van der Waals surface area contributed by atoms with E-state index in [1.165, 1.54) is 17.4 Å². The molecule has 1 aromatic carbocycles. The summed E-state index contributed by atoms with van der Waals surface area (Å²) >= 11 is 1.53. The van der Waals surface area contributed by atoms with Crippen molar-refractivity contribution in [1.29, 1.82) is 0 Å². The quantitative estimate of drug-likeness (QED) is 0.916. The van der Waals surface area contributed by atoms with E-state index >= 15 is 0 Å². The number of halogens is 1. The highest BCUT2D eigenvalue weighted by Gasteiger charge is 2.30. The first-order chi connectivity index (χ1) is 9.56. The van der Waals surface area contributed by atoms with Crippen LogP contribution in [0.1, 0.15) is 34.9 Å². The van der Waals surface area contributed by atoms with E-state index in [1.807, 2.05) is 0 Å². The predicted molar refractivity (Wildman–Crippen MR) is 75.6 cm³/mol. The molecular formula is C15H14FNO2S. The molecule has 0 saturated carbocycles. The molecule has 0 fully saturated rings. The number of benzene rings is 1. The Labute approximate surface area is 120 Å². The third-order valence-electron chi connectivity index (χ3n) is 3.66. The van der Waals surface area contributed by atoms with Gasteiger partial charge in [-0.05, 0) is 49.9 Å². The number of carbonyl (C=O) groups is 1. The molecule has 3 rings (SSSR count). The maximum atomic E-state index is 13.3. The molecule has 2 aromatic rings. The van der Waals surface area contributed by atoms with Gasteiger partial charge in [-0.2, -0.15) is 0 Å². The minimum Gasteiger partial charge on any atom is -0.481 e.